The van der Waals surface area contributed by atoms with Crippen molar-refractivity contribution in [3.63, 3.8) is 0 Å². The van der Waals surface area contributed by atoms with Crippen LogP contribution in [-0.4, -0.2) is 22.8 Å². The Morgan fingerprint density at radius 3 is 2.59 bits per heavy atom. The van der Waals surface area contributed by atoms with Crippen LogP contribution in [0.4, 0.5) is 0 Å². The van der Waals surface area contributed by atoms with Crippen molar-refractivity contribution in [1.82, 2.24) is 15.1 Å². The van der Waals surface area contributed by atoms with Gasteiger partial charge >= 0.3 is 0 Å². The van der Waals surface area contributed by atoms with E-state index < -0.39 is 6.04 Å². The van der Waals surface area contributed by atoms with Crippen molar-refractivity contribution in [1.29, 1.82) is 0 Å². The number of hydrogen-bond acceptors (Lipinski definition) is 4. The number of ether oxygens (including phenoxy) is 1. The zero-order chi connectivity index (χ0) is 16.1. The van der Waals surface area contributed by atoms with E-state index in [0.29, 0.717) is 12.2 Å². The number of methoxy groups -OCH3 is 1. The molecule has 0 aliphatic rings. The van der Waals surface area contributed by atoms with Gasteiger partial charge in [0, 0.05) is 12.6 Å². The standard InChI is InChI=1S/C16H19N3O3/c1-11-4-9-15(20)19(18-11)12(2)16(21)17-10-13-5-7-14(22-3)8-6-13/h4-9,12H,10H2,1-3H3,(H,17,21). The number of benzene rings is 1. The van der Waals surface area contributed by atoms with E-state index in [9.17, 15) is 9.59 Å². The molecule has 1 heterocycles. The van der Waals surface area contributed by atoms with E-state index in [1.807, 2.05) is 24.3 Å². The molecule has 0 fully saturated rings. The Morgan fingerprint density at radius 1 is 1.27 bits per heavy atom. The van der Waals surface area contributed by atoms with Gasteiger partial charge in [0.05, 0.1) is 12.8 Å². The zero-order valence-electron chi connectivity index (χ0n) is 12.9. The van der Waals surface area contributed by atoms with Crippen LogP contribution < -0.4 is 15.6 Å². The Bertz CT molecular complexity index is 707. The highest BCUT2D eigenvalue weighted by Gasteiger charge is 2.16. The van der Waals surface area contributed by atoms with E-state index in [4.69, 9.17) is 4.74 Å². The molecule has 1 aromatic carbocycles. The van der Waals surface area contributed by atoms with Gasteiger partial charge in [0.25, 0.3) is 5.56 Å². The van der Waals surface area contributed by atoms with Crippen LogP contribution in [0.15, 0.2) is 41.2 Å². The number of aryl methyl sites for hydroxylation is 1. The maximum absolute atomic E-state index is 12.2. The minimum absolute atomic E-state index is 0.254. The summed E-state index contributed by atoms with van der Waals surface area (Å²) in [6.45, 7) is 3.81. The van der Waals surface area contributed by atoms with Crippen LogP contribution in [0, 0.1) is 6.92 Å². The smallest absolute Gasteiger partial charge is 0.267 e. The minimum atomic E-state index is -0.661. The molecule has 0 radical (unpaired) electrons. The van der Waals surface area contributed by atoms with E-state index >= 15 is 0 Å². The number of nitrogens with zero attached hydrogens (tertiary/aromatic N) is 2. The first-order valence-corrected chi connectivity index (χ1v) is 6.98. The molecular weight excluding hydrogens is 282 g/mol. The van der Waals surface area contributed by atoms with E-state index in [0.717, 1.165) is 11.3 Å². The molecule has 2 rings (SSSR count). The molecule has 6 heteroatoms. The summed E-state index contributed by atoms with van der Waals surface area (Å²) in [4.78, 5) is 23.9. The van der Waals surface area contributed by atoms with Crippen LogP contribution in [0.2, 0.25) is 0 Å². The molecule has 0 spiro atoms. The maximum atomic E-state index is 12.2. The van der Waals surface area contributed by atoms with Gasteiger partial charge in [-0.3, -0.25) is 9.59 Å². The second-order valence-electron chi connectivity index (χ2n) is 5.00. The third-order valence-electron chi connectivity index (χ3n) is 3.33. The zero-order valence-corrected chi connectivity index (χ0v) is 12.9. The average molecular weight is 301 g/mol. The summed E-state index contributed by atoms with van der Waals surface area (Å²) in [6.07, 6.45) is 0. The molecule has 6 nitrogen and oxygen atoms in total. The largest absolute Gasteiger partial charge is 0.497 e. The van der Waals surface area contributed by atoms with E-state index in [-0.39, 0.29) is 11.5 Å². The molecule has 1 atom stereocenters. The normalized spacial score (nSPS) is 11.8. The fourth-order valence-corrected chi connectivity index (χ4v) is 1.99. The highest BCUT2D eigenvalue weighted by Crippen LogP contribution is 2.11. The first-order valence-electron chi connectivity index (χ1n) is 6.98. The number of aromatic nitrogens is 2. The summed E-state index contributed by atoms with van der Waals surface area (Å²) in [7, 11) is 1.60. The number of carbonyl (C=O) groups excluding carboxylic acids is 1. The van der Waals surface area contributed by atoms with Gasteiger partial charge in [0.15, 0.2) is 0 Å². The third-order valence-corrected chi connectivity index (χ3v) is 3.33. The molecule has 22 heavy (non-hydrogen) atoms. The summed E-state index contributed by atoms with van der Waals surface area (Å²) in [5, 5.41) is 6.90. The number of amides is 1. The van der Waals surface area contributed by atoms with Crippen molar-refractivity contribution >= 4 is 5.91 Å². The lowest BCUT2D eigenvalue weighted by Gasteiger charge is -2.14. The van der Waals surface area contributed by atoms with Crippen LogP contribution in [0.25, 0.3) is 0 Å². The maximum Gasteiger partial charge on any atom is 0.267 e. The monoisotopic (exact) mass is 301 g/mol. The third kappa shape index (κ3) is 3.72. The number of nitrogens with one attached hydrogen (secondary N) is 1. The molecule has 0 bridgehead atoms. The van der Waals surface area contributed by atoms with Crippen molar-refractivity contribution in [2.24, 2.45) is 0 Å². The van der Waals surface area contributed by atoms with Crippen molar-refractivity contribution in [2.45, 2.75) is 26.4 Å². The fourth-order valence-electron chi connectivity index (χ4n) is 1.99. The molecule has 116 valence electrons. The molecule has 0 saturated carbocycles. The van der Waals surface area contributed by atoms with Gasteiger partial charge in [-0.1, -0.05) is 12.1 Å². The predicted octanol–water partition coefficient (Wildman–Crippen LogP) is 1.44. The van der Waals surface area contributed by atoms with E-state index in [2.05, 4.69) is 10.4 Å². The molecule has 0 aliphatic heterocycles. The molecule has 1 aromatic heterocycles. The first kappa shape index (κ1) is 15.8. The van der Waals surface area contributed by atoms with Crippen LogP contribution in [-0.2, 0) is 11.3 Å². The van der Waals surface area contributed by atoms with Gasteiger partial charge < -0.3 is 10.1 Å². The van der Waals surface area contributed by atoms with Crippen LogP contribution >= 0.6 is 0 Å². The Kier molecular flexibility index (Phi) is 4.93. The summed E-state index contributed by atoms with van der Waals surface area (Å²) >= 11 is 0. The van der Waals surface area contributed by atoms with Gasteiger partial charge in [0.1, 0.15) is 11.8 Å². The molecule has 2 aromatic rings. The Labute approximate surface area is 128 Å². The number of hydrogen-bond donors (Lipinski definition) is 1. The van der Waals surface area contributed by atoms with Crippen molar-refractivity contribution in [3.05, 3.63) is 58.0 Å². The lowest BCUT2D eigenvalue weighted by atomic mass is 10.2. The second kappa shape index (κ2) is 6.89. The number of carbonyl (C=O) groups is 1. The fraction of sp³-hybridized carbons (Fsp3) is 0.312. The summed E-state index contributed by atoms with van der Waals surface area (Å²) in [5.41, 5.74) is 1.35. The summed E-state index contributed by atoms with van der Waals surface area (Å²) in [5.74, 6) is 0.509. The summed E-state index contributed by atoms with van der Waals surface area (Å²) in [6, 6.07) is 9.79. The van der Waals surface area contributed by atoms with Gasteiger partial charge in [-0.05, 0) is 37.6 Å². The topological polar surface area (TPSA) is 73.2 Å². The SMILES string of the molecule is COc1ccc(CNC(=O)C(C)n2nc(C)ccc2=O)cc1. The van der Waals surface area contributed by atoms with Crippen LogP contribution in [0.5, 0.6) is 5.75 Å². The van der Waals surface area contributed by atoms with Crippen molar-refractivity contribution < 1.29 is 9.53 Å². The van der Waals surface area contributed by atoms with Crippen LogP contribution in [0.3, 0.4) is 0 Å². The Morgan fingerprint density at radius 2 is 1.95 bits per heavy atom. The van der Waals surface area contributed by atoms with Crippen molar-refractivity contribution in [3.8, 4) is 5.75 Å². The first-order chi connectivity index (χ1) is 10.5. The minimum Gasteiger partial charge on any atom is -0.497 e. The second-order valence-corrected chi connectivity index (χ2v) is 5.00. The molecule has 1 N–H and O–H groups in total. The van der Waals surface area contributed by atoms with Gasteiger partial charge in [-0.2, -0.15) is 5.10 Å². The molecular formula is C16H19N3O3. The van der Waals surface area contributed by atoms with Crippen molar-refractivity contribution in [2.75, 3.05) is 7.11 Å². The Hall–Kier alpha value is -2.63. The number of rotatable bonds is 5. The van der Waals surface area contributed by atoms with Gasteiger partial charge in [-0.25, -0.2) is 4.68 Å². The Balaban J connectivity index is 2.01. The average Bonchev–Trinajstić information content (AvgIpc) is 2.54. The highest BCUT2D eigenvalue weighted by molar-refractivity contribution is 5.79. The molecule has 1 unspecified atom stereocenters. The van der Waals surface area contributed by atoms with Gasteiger partial charge in [-0.15, -0.1) is 0 Å². The molecule has 0 saturated heterocycles. The van der Waals surface area contributed by atoms with Crippen LogP contribution in [0.1, 0.15) is 24.2 Å². The lowest BCUT2D eigenvalue weighted by molar-refractivity contribution is -0.124. The predicted molar refractivity (Wildman–Crippen MR) is 82.8 cm³/mol. The summed E-state index contributed by atoms with van der Waals surface area (Å²) < 4.78 is 6.27. The lowest BCUT2D eigenvalue weighted by Crippen LogP contribution is -2.36. The quantitative estimate of drug-likeness (QED) is 0.907. The van der Waals surface area contributed by atoms with E-state index in [1.165, 1.54) is 10.7 Å². The van der Waals surface area contributed by atoms with E-state index in [1.54, 1.807) is 27.0 Å². The molecule has 1 amide bonds. The highest BCUT2D eigenvalue weighted by atomic mass is 16.5. The molecule has 0 aliphatic carbocycles. The van der Waals surface area contributed by atoms with Gasteiger partial charge in [0.2, 0.25) is 5.91 Å².